The van der Waals surface area contributed by atoms with Crippen LogP contribution in [0.5, 0.6) is 11.5 Å². The van der Waals surface area contributed by atoms with Gasteiger partial charge in [0.05, 0.1) is 7.11 Å². The second-order valence-electron chi connectivity index (χ2n) is 4.70. The minimum Gasteiger partial charge on any atom is -0.505 e. The third kappa shape index (κ3) is 2.76. The van der Waals surface area contributed by atoms with Crippen molar-refractivity contribution in [1.82, 2.24) is 0 Å². The van der Waals surface area contributed by atoms with Gasteiger partial charge in [0.15, 0.2) is 4.88 Å². The molecule has 1 heterocycles. The van der Waals surface area contributed by atoms with Gasteiger partial charge in [0.2, 0.25) is 0 Å². The van der Waals surface area contributed by atoms with Crippen LogP contribution in [0.4, 0.5) is 0 Å². The summed E-state index contributed by atoms with van der Waals surface area (Å²) >= 11 is 1.23. The van der Waals surface area contributed by atoms with Crippen molar-refractivity contribution >= 4 is 27.4 Å². The van der Waals surface area contributed by atoms with Crippen molar-refractivity contribution in [3.8, 4) is 11.5 Å². The molecule has 5 heteroatoms. The number of hydrogen-bond donors (Lipinski definition) is 1. The number of hydrogen-bond acceptors (Lipinski definition) is 5. The van der Waals surface area contributed by atoms with Crippen LogP contribution >= 0.6 is 11.3 Å². The minimum atomic E-state index is -0.526. The van der Waals surface area contributed by atoms with E-state index in [-0.39, 0.29) is 17.2 Å². The number of ether oxygens (including phenoxy) is 2. The van der Waals surface area contributed by atoms with Gasteiger partial charge in [0.25, 0.3) is 0 Å². The summed E-state index contributed by atoms with van der Waals surface area (Å²) in [5.74, 6) is 0.163. The van der Waals surface area contributed by atoms with Crippen LogP contribution in [-0.4, -0.2) is 18.2 Å². The maximum atomic E-state index is 12.2. The number of benzene rings is 2. The van der Waals surface area contributed by atoms with Gasteiger partial charge in [-0.1, -0.05) is 24.3 Å². The molecule has 0 saturated carbocycles. The van der Waals surface area contributed by atoms with Crippen LogP contribution in [0.3, 0.4) is 0 Å². The molecular weight excluding hydrogens is 300 g/mol. The molecule has 0 radical (unpaired) electrons. The van der Waals surface area contributed by atoms with Crippen molar-refractivity contribution in [3.63, 3.8) is 0 Å². The summed E-state index contributed by atoms with van der Waals surface area (Å²) in [6.07, 6.45) is 0. The van der Waals surface area contributed by atoms with Gasteiger partial charge in [0.1, 0.15) is 18.1 Å². The number of thiophene rings is 1. The zero-order valence-corrected chi connectivity index (χ0v) is 12.7. The molecule has 0 unspecified atom stereocenters. The molecule has 4 nitrogen and oxygen atoms in total. The van der Waals surface area contributed by atoms with Crippen LogP contribution in [0.1, 0.15) is 15.2 Å². The minimum absolute atomic E-state index is 0.0174. The summed E-state index contributed by atoms with van der Waals surface area (Å²) < 4.78 is 11.3. The summed E-state index contributed by atoms with van der Waals surface area (Å²) in [5, 5.41) is 10.8. The van der Waals surface area contributed by atoms with Gasteiger partial charge in [-0.05, 0) is 29.8 Å². The van der Waals surface area contributed by atoms with E-state index in [9.17, 15) is 9.90 Å². The van der Waals surface area contributed by atoms with Crippen LogP contribution in [0.2, 0.25) is 0 Å². The van der Waals surface area contributed by atoms with Crippen molar-refractivity contribution in [3.05, 3.63) is 59.0 Å². The fourth-order valence-corrected chi connectivity index (χ4v) is 3.14. The highest BCUT2D eigenvalue weighted by atomic mass is 32.1. The van der Waals surface area contributed by atoms with Crippen LogP contribution in [0, 0.1) is 0 Å². The first-order valence-electron chi connectivity index (χ1n) is 6.69. The van der Waals surface area contributed by atoms with Crippen molar-refractivity contribution in [2.24, 2.45) is 0 Å². The number of carbonyl (C=O) groups is 1. The van der Waals surface area contributed by atoms with Crippen LogP contribution in [0.15, 0.2) is 48.5 Å². The molecule has 3 rings (SSSR count). The Morgan fingerprint density at radius 2 is 2.00 bits per heavy atom. The van der Waals surface area contributed by atoms with Crippen LogP contribution in [-0.2, 0) is 11.3 Å². The maximum absolute atomic E-state index is 12.2. The van der Waals surface area contributed by atoms with E-state index >= 15 is 0 Å². The van der Waals surface area contributed by atoms with Gasteiger partial charge < -0.3 is 14.6 Å². The fourth-order valence-electron chi connectivity index (χ4n) is 2.15. The normalized spacial score (nSPS) is 10.6. The number of esters is 1. The lowest BCUT2D eigenvalue weighted by molar-refractivity contribution is 0.0475. The van der Waals surface area contributed by atoms with E-state index in [4.69, 9.17) is 9.47 Å². The molecule has 1 aromatic heterocycles. The van der Waals surface area contributed by atoms with Crippen LogP contribution < -0.4 is 4.74 Å². The van der Waals surface area contributed by atoms with Gasteiger partial charge in [-0.15, -0.1) is 11.3 Å². The highest BCUT2D eigenvalue weighted by Gasteiger charge is 2.19. The van der Waals surface area contributed by atoms with E-state index in [1.54, 1.807) is 19.2 Å². The smallest absolute Gasteiger partial charge is 0.352 e. The van der Waals surface area contributed by atoms with E-state index in [2.05, 4.69) is 0 Å². The Labute approximate surface area is 131 Å². The Hall–Kier alpha value is -2.53. The summed E-state index contributed by atoms with van der Waals surface area (Å²) in [7, 11) is 1.58. The van der Waals surface area contributed by atoms with Gasteiger partial charge in [-0.2, -0.15) is 0 Å². The Kier molecular flexibility index (Phi) is 3.98. The average Bonchev–Trinajstić information content (AvgIpc) is 2.90. The Morgan fingerprint density at radius 3 is 2.77 bits per heavy atom. The van der Waals surface area contributed by atoms with E-state index in [1.165, 1.54) is 11.3 Å². The summed E-state index contributed by atoms with van der Waals surface area (Å²) in [6.45, 7) is 0.129. The second kappa shape index (κ2) is 6.07. The number of carbonyl (C=O) groups excluding carboxylic acids is 1. The molecule has 0 saturated heterocycles. The molecule has 3 aromatic rings. The molecule has 0 aliphatic heterocycles. The lowest BCUT2D eigenvalue weighted by Crippen LogP contribution is -2.03. The molecule has 112 valence electrons. The monoisotopic (exact) mass is 314 g/mol. The molecule has 0 aliphatic carbocycles. The van der Waals surface area contributed by atoms with E-state index in [1.807, 2.05) is 36.4 Å². The van der Waals surface area contributed by atoms with Gasteiger partial charge in [-0.3, -0.25) is 0 Å². The molecule has 0 bridgehead atoms. The number of aromatic hydroxyl groups is 1. The van der Waals surface area contributed by atoms with E-state index in [0.29, 0.717) is 11.1 Å². The molecule has 2 aromatic carbocycles. The second-order valence-corrected chi connectivity index (χ2v) is 5.76. The summed E-state index contributed by atoms with van der Waals surface area (Å²) in [4.78, 5) is 12.4. The largest absolute Gasteiger partial charge is 0.505 e. The highest BCUT2D eigenvalue weighted by Crippen LogP contribution is 2.37. The van der Waals surface area contributed by atoms with Gasteiger partial charge in [-0.25, -0.2) is 4.79 Å². The van der Waals surface area contributed by atoms with E-state index < -0.39 is 5.97 Å². The molecule has 0 aliphatic rings. The van der Waals surface area contributed by atoms with Crippen LogP contribution in [0.25, 0.3) is 10.1 Å². The van der Waals surface area contributed by atoms with Gasteiger partial charge >= 0.3 is 5.97 Å². The Morgan fingerprint density at radius 1 is 1.18 bits per heavy atom. The van der Waals surface area contributed by atoms with E-state index in [0.717, 1.165) is 10.3 Å². The zero-order chi connectivity index (χ0) is 15.5. The predicted molar refractivity (Wildman–Crippen MR) is 85.6 cm³/mol. The first kappa shape index (κ1) is 14.4. The van der Waals surface area contributed by atoms with Crippen molar-refractivity contribution < 1.29 is 19.4 Å². The average molecular weight is 314 g/mol. The lowest BCUT2D eigenvalue weighted by Gasteiger charge is -2.05. The molecule has 0 fully saturated rings. The van der Waals surface area contributed by atoms with Gasteiger partial charge in [0, 0.05) is 10.1 Å². The number of methoxy groups -OCH3 is 1. The lowest BCUT2D eigenvalue weighted by atomic mass is 10.2. The predicted octanol–water partition coefficient (Wildman–Crippen LogP) is 3.97. The molecule has 22 heavy (non-hydrogen) atoms. The molecular formula is C17H14O4S. The fraction of sp³-hybridized carbons (Fsp3) is 0.118. The standard InChI is InChI=1S/C17H14O4S/c1-20-12-6-4-5-11(9-12)10-21-17(19)16-15(18)13-7-2-3-8-14(13)22-16/h2-9,18H,10H2,1H3. The highest BCUT2D eigenvalue weighted by molar-refractivity contribution is 7.21. The first-order valence-corrected chi connectivity index (χ1v) is 7.51. The molecule has 0 atom stereocenters. The third-order valence-corrected chi connectivity index (χ3v) is 4.40. The molecule has 0 spiro atoms. The quantitative estimate of drug-likeness (QED) is 0.740. The summed E-state index contributed by atoms with van der Waals surface area (Å²) in [6, 6.07) is 14.6. The zero-order valence-electron chi connectivity index (χ0n) is 11.9. The number of rotatable bonds is 4. The first-order chi connectivity index (χ1) is 10.7. The Balaban J connectivity index is 1.77. The van der Waals surface area contributed by atoms with Crippen molar-refractivity contribution in [2.75, 3.05) is 7.11 Å². The number of fused-ring (bicyclic) bond motifs is 1. The molecule has 1 N–H and O–H groups in total. The topological polar surface area (TPSA) is 55.8 Å². The van der Waals surface area contributed by atoms with Crippen molar-refractivity contribution in [1.29, 1.82) is 0 Å². The van der Waals surface area contributed by atoms with Crippen molar-refractivity contribution in [2.45, 2.75) is 6.61 Å². The summed E-state index contributed by atoms with van der Waals surface area (Å²) in [5.41, 5.74) is 0.827. The third-order valence-electron chi connectivity index (χ3n) is 3.26. The Bertz CT molecular complexity index is 822. The molecule has 0 amide bonds. The maximum Gasteiger partial charge on any atom is 0.352 e. The SMILES string of the molecule is COc1cccc(COC(=O)c2sc3ccccc3c2O)c1.